The molecule has 0 spiro atoms. The van der Waals surface area contributed by atoms with Crippen LogP contribution in [0.25, 0.3) is 0 Å². The topological polar surface area (TPSA) is 93.2 Å². The van der Waals surface area contributed by atoms with Gasteiger partial charge in [-0.05, 0) is 38.1 Å². The maximum atomic E-state index is 12.3. The van der Waals surface area contributed by atoms with Gasteiger partial charge in [0.1, 0.15) is 17.3 Å². The number of aryl methyl sites for hydroxylation is 1. The Kier molecular flexibility index (Phi) is 5.97. The van der Waals surface area contributed by atoms with Crippen molar-refractivity contribution in [1.82, 2.24) is 9.97 Å². The summed E-state index contributed by atoms with van der Waals surface area (Å²) in [6.45, 7) is 4.34. The number of amides is 1. The maximum Gasteiger partial charge on any atom is 0.274 e. The normalized spacial score (nSPS) is 10.3. The first kappa shape index (κ1) is 17.6. The molecule has 1 heterocycles. The number of anilines is 2. The van der Waals surface area contributed by atoms with Gasteiger partial charge in [0.05, 0.1) is 6.61 Å². The van der Waals surface area contributed by atoms with E-state index in [1.165, 1.54) is 6.92 Å². The van der Waals surface area contributed by atoms with Crippen molar-refractivity contribution in [2.75, 3.05) is 30.9 Å². The van der Waals surface area contributed by atoms with Gasteiger partial charge in [-0.1, -0.05) is 0 Å². The first-order valence-electron chi connectivity index (χ1n) is 7.50. The number of benzene rings is 1. The Bertz CT molecular complexity index is 729. The van der Waals surface area contributed by atoms with E-state index in [9.17, 15) is 9.59 Å². The molecule has 24 heavy (non-hydrogen) atoms. The van der Waals surface area contributed by atoms with Crippen LogP contribution in [-0.2, 0) is 4.74 Å². The summed E-state index contributed by atoms with van der Waals surface area (Å²) in [5.74, 6) is 0.697. The lowest BCUT2D eigenvalue weighted by Gasteiger charge is -2.09. The van der Waals surface area contributed by atoms with E-state index in [0.717, 1.165) is 0 Å². The molecule has 0 fully saturated rings. The van der Waals surface area contributed by atoms with Gasteiger partial charge >= 0.3 is 0 Å². The van der Waals surface area contributed by atoms with Crippen molar-refractivity contribution in [2.45, 2.75) is 13.8 Å². The molecule has 0 radical (unpaired) electrons. The Morgan fingerprint density at radius 1 is 1.17 bits per heavy atom. The van der Waals surface area contributed by atoms with Gasteiger partial charge in [0.2, 0.25) is 0 Å². The molecule has 0 saturated heterocycles. The third-order valence-electron chi connectivity index (χ3n) is 3.23. The first-order chi connectivity index (χ1) is 11.5. The van der Waals surface area contributed by atoms with Crippen LogP contribution in [0.5, 0.6) is 0 Å². The van der Waals surface area contributed by atoms with Crippen molar-refractivity contribution in [3.05, 3.63) is 47.4 Å². The molecule has 7 heteroatoms. The van der Waals surface area contributed by atoms with Crippen LogP contribution in [0, 0.1) is 6.92 Å². The summed E-state index contributed by atoms with van der Waals surface area (Å²) < 4.78 is 4.97. The van der Waals surface area contributed by atoms with Crippen LogP contribution in [0.4, 0.5) is 11.5 Å². The number of carbonyl (C=O) groups excluding carboxylic acids is 2. The first-order valence-corrected chi connectivity index (χ1v) is 7.50. The van der Waals surface area contributed by atoms with Crippen LogP contribution in [-0.4, -0.2) is 41.9 Å². The molecule has 0 aliphatic rings. The van der Waals surface area contributed by atoms with Crippen LogP contribution >= 0.6 is 0 Å². The predicted octanol–water partition coefficient (Wildman–Crippen LogP) is 2.30. The SMILES string of the molecule is COCCNc1cc(C(=O)Nc2ccc(C(C)=O)cc2)nc(C)n1. The Hall–Kier alpha value is -2.80. The van der Waals surface area contributed by atoms with Gasteiger partial charge in [0, 0.05) is 31.0 Å². The van der Waals surface area contributed by atoms with Gasteiger partial charge < -0.3 is 15.4 Å². The van der Waals surface area contributed by atoms with Crippen molar-refractivity contribution in [3.8, 4) is 0 Å². The zero-order chi connectivity index (χ0) is 17.5. The molecule has 1 aromatic heterocycles. The number of carbonyl (C=O) groups is 2. The molecular formula is C17H20N4O3. The van der Waals surface area contributed by atoms with Crippen LogP contribution in [0.3, 0.4) is 0 Å². The van der Waals surface area contributed by atoms with Crippen molar-refractivity contribution in [3.63, 3.8) is 0 Å². The van der Waals surface area contributed by atoms with Crippen LogP contribution in [0.1, 0.15) is 33.6 Å². The largest absolute Gasteiger partial charge is 0.383 e. The summed E-state index contributed by atoms with van der Waals surface area (Å²) >= 11 is 0. The fraction of sp³-hybridized carbons (Fsp3) is 0.294. The molecule has 0 aliphatic heterocycles. The summed E-state index contributed by atoms with van der Waals surface area (Å²) in [4.78, 5) is 32.0. The molecule has 0 bridgehead atoms. The zero-order valence-electron chi connectivity index (χ0n) is 13.9. The number of methoxy groups -OCH3 is 1. The summed E-state index contributed by atoms with van der Waals surface area (Å²) in [7, 11) is 1.61. The monoisotopic (exact) mass is 328 g/mol. The molecule has 7 nitrogen and oxygen atoms in total. The van der Waals surface area contributed by atoms with E-state index in [1.807, 2.05) is 0 Å². The van der Waals surface area contributed by atoms with E-state index >= 15 is 0 Å². The molecule has 126 valence electrons. The summed E-state index contributed by atoms with van der Waals surface area (Å²) in [6, 6.07) is 8.28. The van der Waals surface area contributed by atoms with E-state index in [4.69, 9.17) is 4.74 Å². The molecule has 2 aromatic rings. The smallest absolute Gasteiger partial charge is 0.274 e. The van der Waals surface area contributed by atoms with E-state index in [-0.39, 0.29) is 17.4 Å². The van der Waals surface area contributed by atoms with Gasteiger partial charge in [-0.15, -0.1) is 0 Å². The molecule has 1 aromatic carbocycles. The highest BCUT2D eigenvalue weighted by Gasteiger charge is 2.11. The Morgan fingerprint density at radius 2 is 1.88 bits per heavy atom. The van der Waals surface area contributed by atoms with E-state index in [0.29, 0.717) is 36.0 Å². The molecular weight excluding hydrogens is 308 g/mol. The second kappa shape index (κ2) is 8.16. The van der Waals surface area contributed by atoms with E-state index in [2.05, 4.69) is 20.6 Å². The molecule has 1 amide bonds. The van der Waals surface area contributed by atoms with Crippen molar-refractivity contribution >= 4 is 23.2 Å². The molecule has 0 saturated carbocycles. The predicted molar refractivity (Wildman–Crippen MR) is 91.5 cm³/mol. The lowest BCUT2D eigenvalue weighted by molar-refractivity contribution is 0.101. The van der Waals surface area contributed by atoms with Crippen LogP contribution < -0.4 is 10.6 Å². The Labute approximate surface area is 140 Å². The number of hydrogen-bond donors (Lipinski definition) is 2. The van der Waals surface area contributed by atoms with Gasteiger partial charge in [-0.2, -0.15) is 0 Å². The second-order valence-electron chi connectivity index (χ2n) is 5.19. The maximum absolute atomic E-state index is 12.3. The Morgan fingerprint density at radius 3 is 2.50 bits per heavy atom. The number of aromatic nitrogens is 2. The lowest BCUT2D eigenvalue weighted by atomic mass is 10.1. The van der Waals surface area contributed by atoms with Gasteiger partial charge in [0.25, 0.3) is 5.91 Å². The summed E-state index contributed by atoms with van der Waals surface area (Å²) in [6.07, 6.45) is 0. The highest BCUT2D eigenvalue weighted by atomic mass is 16.5. The lowest BCUT2D eigenvalue weighted by Crippen LogP contribution is -2.16. The number of nitrogens with one attached hydrogen (secondary N) is 2. The fourth-order valence-electron chi connectivity index (χ4n) is 2.04. The zero-order valence-corrected chi connectivity index (χ0v) is 13.9. The van der Waals surface area contributed by atoms with Gasteiger partial charge in [-0.3, -0.25) is 9.59 Å². The average Bonchev–Trinajstić information content (AvgIpc) is 2.55. The third-order valence-corrected chi connectivity index (χ3v) is 3.23. The van der Waals surface area contributed by atoms with Crippen LogP contribution in [0.2, 0.25) is 0 Å². The number of ketones is 1. The minimum absolute atomic E-state index is 0.0222. The minimum Gasteiger partial charge on any atom is -0.383 e. The highest BCUT2D eigenvalue weighted by molar-refractivity contribution is 6.03. The van der Waals surface area contributed by atoms with Crippen molar-refractivity contribution in [1.29, 1.82) is 0 Å². The molecule has 2 rings (SSSR count). The van der Waals surface area contributed by atoms with E-state index < -0.39 is 0 Å². The van der Waals surface area contributed by atoms with Gasteiger partial charge in [0.15, 0.2) is 5.78 Å². The highest BCUT2D eigenvalue weighted by Crippen LogP contribution is 2.13. The van der Waals surface area contributed by atoms with E-state index in [1.54, 1.807) is 44.4 Å². The molecule has 0 atom stereocenters. The van der Waals surface area contributed by atoms with Crippen LogP contribution in [0.15, 0.2) is 30.3 Å². The number of ether oxygens (including phenoxy) is 1. The quantitative estimate of drug-likeness (QED) is 0.598. The number of hydrogen-bond acceptors (Lipinski definition) is 6. The number of rotatable bonds is 7. The van der Waals surface area contributed by atoms with Crippen molar-refractivity contribution < 1.29 is 14.3 Å². The summed E-state index contributed by atoms with van der Waals surface area (Å²) in [5, 5.41) is 5.82. The number of Topliss-reactive ketones (excluding diaryl/α,β-unsaturated/α-hetero) is 1. The molecule has 2 N–H and O–H groups in total. The van der Waals surface area contributed by atoms with Crippen molar-refractivity contribution in [2.24, 2.45) is 0 Å². The summed E-state index contributed by atoms with van der Waals surface area (Å²) in [5.41, 5.74) is 1.45. The standard InChI is InChI=1S/C17H20N4O3/c1-11(22)13-4-6-14(7-5-13)21-17(23)15-10-16(18-8-9-24-3)20-12(2)19-15/h4-7,10H,8-9H2,1-3H3,(H,21,23)(H,18,19,20). The van der Waals surface area contributed by atoms with Gasteiger partial charge in [-0.25, -0.2) is 9.97 Å². The minimum atomic E-state index is -0.342. The Balaban J connectivity index is 2.09. The second-order valence-corrected chi connectivity index (χ2v) is 5.19. The fourth-order valence-corrected chi connectivity index (χ4v) is 2.04. The number of nitrogens with zero attached hydrogens (tertiary/aromatic N) is 2. The molecule has 0 unspecified atom stereocenters. The third kappa shape index (κ3) is 4.85. The average molecular weight is 328 g/mol. The molecule has 0 aliphatic carbocycles.